The maximum absolute atomic E-state index is 13.4. The van der Waals surface area contributed by atoms with Gasteiger partial charge in [-0.3, -0.25) is 14.4 Å². The van der Waals surface area contributed by atoms with E-state index in [1.807, 2.05) is 37.3 Å². The molecule has 0 bridgehead atoms. The summed E-state index contributed by atoms with van der Waals surface area (Å²) >= 11 is 6.94. The van der Waals surface area contributed by atoms with Crippen molar-refractivity contribution in [3.63, 3.8) is 0 Å². The fourth-order valence-electron chi connectivity index (χ4n) is 3.91. The number of aryl methyl sites for hydroxylation is 1. The number of carbonyl (C=O) groups excluding carboxylic acids is 2. The number of aromatic nitrogens is 2. The van der Waals surface area contributed by atoms with Crippen LogP contribution in [0.4, 0.5) is 11.4 Å². The summed E-state index contributed by atoms with van der Waals surface area (Å²) in [5.41, 5.74) is 1.05. The molecule has 2 amide bonds. The summed E-state index contributed by atoms with van der Waals surface area (Å²) in [6.45, 7) is 1.98. The van der Waals surface area contributed by atoms with Gasteiger partial charge in [-0.05, 0) is 67.1 Å². The van der Waals surface area contributed by atoms with Crippen LogP contribution in [0.3, 0.4) is 0 Å². The second-order valence-corrected chi connectivity index (χ2v) is 10.0. The summed E-state index contributed by atoms with van der Waals surface area (Å²) in [7, 11) is 0. The predicted octanol–water partition coefficient (Wildman–Crippen LogP) is 6.66. The van der Waals surface area contributed by atoms with E-state index in [1.165, 1.54) is 10.5 Å². The number of halogens is 1. The van der Waals surface area contributed by atoms with Gasteiger partial charge < -0.3 is 15.4 Å². The SMILES string of the molecule is CCCc1cc(=O)n2c(C(=O)Nc3ccc(Cl)cc3)c(C(=O)Nc3ccc(Oc4ccccc4)cc3)sc2n1. The smallest absolute Gasteiger partial charge is 0.274 e. The maximum atomic E-state index is 13.4. The van der Waals surface area contributed by atoms with Crippen molar-refractivity contribution in [1.29, 1.82) is 0 Å². The topological polar surface area (TPSA) is 102 Å². The number of anilines is 2. The Labute approximate surface area is 232 Å². The Balaban J connectivity index is 1.46. The van der Waals surface area contributed by atoms with Crippen LogP contribution in [-0.2, 0) is 6.42 Å². The van der Waals surface area contributed by atoms with Crippen LogP contribution >= 0.6 is 22.9 Å². The van der Waals surface area contributed by atoms with Crippen molar-refractivity contribution >= 4 is 51.1 Å². The molecule has 0 radical (unpaired) electrons. The molecule has 0 aliphatic carbocycles. The van der Waals surface area contributed by atoms with Gasteiger partial charge in [0.05, 0.1) is 0 Å². The Morgan fingerprint density at radius 2 is 1.51 bits per heavy atom. The summed E-state index contributed by atoms with van der Waals surface area (Å²) in [5.74, 6) is 0.131. The number of nitrogens with zero attached hydrogens (tertiary/aromatic N) is 2. The Hall–Kier alpha value is -4.47. The molecule has 0 fully saturated rings. The zero-order valence-electron chi connectivity index (χ0n) is 20.8. The summed E-state index contributed by atoms with van der Waals surface area (Å²) in [6, 6.07) is 24.1. The molecule has 0 aliphatic heterocycles. The summed E-state index contributed by atoms with van der Waals surface area (Å²) in [6.07, 6.45) is 1.41. The molecular formula is C29H23ClN4O4S. The number of hydrogen-bond acceptors (Lipinski definition) is 6. The molecule has 39 heavy (non-hydrogen) atoms. The average Bonchev–Trinajstić information content (AvgIpc) is 3.32. The average molecular weight is 559 g/mol. The monoisotopic (exact) mass is 558 g/mol. The van der Waals surface area contributed by atoms with Gasteiger partial charge in [-0.25, -0.2) is 9.38 Å². The Morgan fingerprint density at radius 3 is 2.18 bits per heavy atom. The van der Waals surface area contributed by atoms with Gasteiger partial charge in [-0.15, -0.1) is 0 Å². The minimum atomic E-state index is -0.618. The highest BCUT2D eigenvalue weighted by Gasteiger charge is 2.26. The van der Waals surface area contributed by atoms with Gasteiger partial charge in [-0.2, -0.15) is 0 Å². The summed E-state index contributed by atoms with van der Waals surface area (Å²) < 4.78 is 6.98. The lowest BCUT2D eigenvalue weighted by atomic mass is 10.2. The molecule has 3 aromatic carbocycles. The van der Waals surface area contributed by atoms with E-state index < -0.39 is 17.4 Å². The number of benzene rings is 3. The Bertz CT molecular complexity index is 1700. The van der Waals surface area contributed by atoms with Crippen LogP contribution in [0.1, 0.15) is 39.2 Å². The van der Waals surface area contributed by atoms with E-state index in [-0.39, 0.29) is 15.5 Å². The number of rotatable bonds is 8. The lowest BCUT2D eigenvalue weighted by molar-refractivity contribution is 0.0989. The highest BCUT2D eigenvalue weighted by atomic mass is 35.5. The number of ether oxygens (including phenoxy) is 1. The van der Waals surface area contributed by atoms with E-state index in [0.29, 0.717) is 40.0 Å². The zero-order valence-corrected chi connectivity index (χ0v) is 22.4. The first kappa shape index (κ1) is 26.1. The third kappa shape index (κ3) is 6.00. The normalized spacial score (nSPS) is 10.8. The minimum Gasteiger partial charge on any atom is -0.457 e. The third-order valence-corrected chi connectivity index (χ3v) is 6.98. The lowest BCUT2D eigenvalue weighted by Gasteiger charge is -2.09. The molecule has 0 aliphatic rings. The van der Waals surface area contributed by atoms with Crippen molar-refractivity contribution in [2.24, 2.45) is 0 Å². The molecule has 8 nitrogen and oxygen atoms in total. The lowest BCUT2D eigenvalue weighted by Crippen LogP contribution is -2.25. The first-order valence-corrected chi connectivity index (χ1v) is 13.4. The predicted molar refractivity (Wildman–Crippen MR) is 154 cm³/mol. The van der Waals surface area contributed by atoms with Crippen LogP contribution in [0.15, 0.2) is 89.7 Å². The molecule has 5 aromatic rings. The van der Waals surface area contributed by atoms with Gasteiger partial charge in [0.2, 0.25) is 0 Å². The van der Waals surface area contributed by atoms with E-state index >= 15 is 0 Å². The van der Waals surface area contributed by atoms with Crippen LogP contribution in [0, 0.1) is 0 Å². The van der Waals surface area contributed by atoms with Crippen LogP contribution in [0.25, 0.3) is 4.96 Å². The Morgan fingerprint density at radius 1 is 0.897 bits per heavy atom. The second-order valence-electron chi connectivity index (χ2n) is 8.59. The van der Waals surface area contributed by atoms with Gasteiger partial charge in [-0.1, -0.05) is 54.5 Å². The first-order chi connectivity index (χ1) is 18.9. The molecule has 0 atom stereocenters. The van der Waals surface area contributed by atoms with E-state index in [1.54, 1.807) is 48.5 Å². The van der Waals surface area contributed by atoms with Crippen LogP contribution in [0.5, 0.6) is 11.5 Å². The van der Waals surface area contributed by atoms with Crippen molar-refractivity contribution in [2.45, 2.75) is 19.8 Å². The fraction of sp³-hybridized carbons (Fsp3) is 0.103. The van der Waals surface area contributed by atoms with Crippen molar-refractivity contribution in [3.05, 3.63) is 117 Å². The molecule has 0 saturated heterocycles. The zero-order chi connectivity index (χ0) is 27.4. The maximum Gasteiger partial charge on any atom is 0.274 e. The van der Waals surface area contributed by atoms with Crippen molar-refractivity contribution in [2.75, 3.05) is 10.6 Å². The van der Waals surface area contributed by atoms with E-state index in [9.17, 15) is 14.4 Å². The van der Waals surface area contributed by atoms with Crippen LogP contribution in [0.2, 0.25) is 5.02 Å². The first-order valence-electron chi connectivity index (χ1n) is 12.2. The molecular weight excluding hydrogens is 536 g/mol. The molecule has 2 heterocycles. The highest BCUT2D eigenvalue weighted by Crippen LogP contribution is 2.26. The van der Waals surface area contributed by atoms with Crippen LogP contribution in [-0.4, -0.2) is 21.2 Å². The van der Waals surface area contributed by atoms with E-state index in [2.05, 4.69) is 15.6 Å². The van der Waals surface area contributed by atoms with Crippen molar-refractivity contribution in [3.8, 4) is 11.5 Å². The molecule has 5 rings (SSSR count). The standard InChI is InChI=1S/C29H23ClN4O4S/c1-2-6-21-17-24(35)34-25(27(36)31-19-11-9-18(30)10-12-19)26(39-29(34)33-21)28(37)32-20-13-15-23(16-14-20)38-22-7-4-3-5-8-22/h3-5,7-17H,2,6H2,1H3,(H,31,36)(H,32,37). The molecule has 2 N–H and O–H groups in total. The number of carbonyl (C=O) groups is 2. The number of hydrogen-bond donors (Lipinski definition) is 2. The molecule has 10 heteroatoms. The summed E-state index contributed by atoms with van der Waals surface area (Å²) in [5, 5.41) is 6.07. The van der Waals surface area contributed by atoms with E-state index in [0.717, 1.165) is 17.8 Å². The van der Waals surface area contributed by atoms with Gasteiger partial charge in [0.25, 0.3) is 17.4 Å². The minimum absolute atomic E-state index is 0.0596. The van der Waals surface area contributed by atoms with Crippen molar-refractivity contribution in [1.82, 2.24) is 9.38 Å². The van der Waals surface area contributed by atoms with Gasteiger partial charge in [0.1, 0.15) is 22.1 Å². The molecule has 0 unspecified atom stereocenters. The number of fused-ring (bicyclic) bond motifs is 1. The molecule has 0 saturated carbocycles. The largest absolute Gasteiger partial charge is 0.457 e. The van der Waals surface area contributed by atoms with Gasteiger partial charge >= 0.3 is 0 Å². The number of nitrogens with one attached hydrogen (secondary N) is 2. The fourth-order valence-corrected chi connectivity index (χ4v) is 5.08. The molecule has 0 spiro atoms. The quantitative estimate of drug-likeness (QED) is 0.222. The van der Waals surface area contributed by atoms with Gasteiger partial charge in [0, 0.05) is 28.2 Å². The third-order valence-electron chi connectivity index (χ3n) is 5.69. The number of amides is 2. The number of thiazole rings is 1. The van der Waals surface area contributed by atoms with E-state index in [4.69, 9.17) is 16.3 Å². The summed E-state index contributed by atoms with van der Waals surface area (Å²) in [4.78, 5) is 44.8. The van der Waals surface area contributed by atoms with Crippen LogP contribution < -0.4 is 20.9 Å². The number of para-hydroxylation sites is 1. The van der Waals surface area contributed by atoms with Crippen molar-refractivity contribution < 1.29 is 14.3 Å². The molecule has 196 valence electrons. The second kappa shape index (κ2) is 11.5. The van der Waals surface area contributed by atoms with Gasteiger partial charge in [0.15, 0.2) is 4.96 Å². The Kier molecular flexibility index (Phi) is 7.72. The highest BCUT2D eigenvalue weighted by molar-refractivity contribution is 7.19. The molecule has 2 aromatic heterocycles.